The van der Waals surface area contributed by atoms with Gasteiger partial charge in [-0.25, -0.2) is 0 Å². The lowest BCUT2D eigenvalue weighted by molar-refractivity contribution is -0.122. The minimum absolute atomic E-state index is 0. The van der Waals surface area contributed by atoms with Crippen molar-refractivity contribution >= 4 is 53.7 Å². The smallest absolute Gasteiger partial charge is 0.324 e. The van der Waals surface area contributed by atoms with E-state index in [9.17, 15) is 28.5 Å². The second kappa shape index (κ2) is 36.9. The molecule has 0 spiro atoms. The molecule has 15 nitrogen and oxygen atoms in total. The number of benzene rings is 4. The first-order valence-corrected chi connectivity index (χ1v) is 29.1. The van der Waals surface area contributed by atoms with Crippen molar-refractivity contribution in [1.29, 1.82) is 0 Å². The van der Waals surface area contributed by atoms with Crippen molar-refractivity contribution in [3.05, 3.63) is 208 Å². The molecule has 0 saturated heterocycles. The van der Waals surface area contributed by atoms with Crippen LogP contribution < -0.4 is 26.6 Å². The molecule has 1 aliphatic carbocycles. The van der Waals surface area contributed by atoms with E-state index in [1.165, 1.54) is 23.6 Å². The molecule has 0 radical (unpaired) electrons. The van der Waals surface area contributed by atoms with Gasteiger partial charge in [0.1, 0.15) is 28.9 Å². The summed E-state index contributed by atoms with van der Waals surface area (Å²) in [5.74, 6) is 0.751. The second-order valence-corrected chi connectivity index (χ2v) is 22.1. The number of hydrogen-bond acceptors (Lipinski definition) is 13. The highest BCUT2D eigenvalue weighted by Crippen LogP contribution is 2.39. The van der Waals surface area contributed by atoms with Crippen molar-refractivity contribution in [1.82, 2.24) is 36.6 Å². The molecule has 442 valence electrons. The third-order valence-corrected chi connectivity index (χ3v) is 15.0. The number of pyridine rings is 2. The Morgan fingerprint density at radius 2 is 1.06 bits per heavy atom. The number of rotatable bonds is 23. The van der Waals surface area contributed by atoms with Crippen LogP contribution in [0.5, 0.6) is 0 Å². The summed E-state index contributed by atoms with van der Waals surface area (Å²) in [7, 11) is 4.98. The van der Waals surface area contributed by atoms with Crippen molar-refractivity contribution in [2.75, 3.05) is 35.2 Å². The summed E-state index contributed by atoms with van der Waals surface area (Å²) in [6, 6.07) is 40.3. The zero-order valence-corrected chi connectivity index (χ0v) is 50.4. The molecular weight excluding hydrogens is 1070 g/mol. The maximum atomic E-state index is 11.9. The monoisotopic (exact) mass is 1160 g/mol. The van der Waals surface area contributed by atoms with Crippen molar-refractivity contribution in [2.45, 2.75) is 123 Å². The lowest BCUT2D eigenvalue weighted by Gasteiger charge is -2.27. The molecule has 0 saturated carbocycles. The number of ketones is 5. The Morgan fingerprint density at radius 1 is 0.585 bits per heavy atom. The van der Waals surface area contributed by atoms with Gasteiger partial charge in [-0.3, -0.25) is 38.5 Å². The molecule has 5 atom stereocenters. The van der Waals surface area contributed by atoms with E-state index in [0.717, 1.165) is 45.7 Å². The van der Waals surface area contributed by atoms with Crippen molar-refractivity contribution in [3.63, 3.8) is 0 Å². The molecular formula is C65H87ClN7O8P. The SMILES string of the molecule is C.CN[C@@H](Cc1ccc(CP(=O)(O)O)cc1)C(C)=O.CN[C@@H](Cc1cccnc1)C(C)=O.CN[C@@H](Cc1ccncc1)C(C)=O.CN[C@@](C)(CC1=CCc2cc(Cl)ccc21)C(C)=O.CN[C@H](C(C)=O)C(c1ccccc1)c1ccccc1. The lowest BCUT2D eigenvalue weighted by Crippen LogP contribution is -2.46. The predicted octanol–water partition coefficient (Wildman–Crippen LogP) is 9.55. The van der Waals surface area contributed by atoms with Crippen molar-refractivity contribution < 1.29 is 38.3 Å². The molecule has 4 aromatic carbocycles. The van der Waals surface area contributed by atoms with Gasteiger partial charge < -0.3 is 36.4 Å². The van der Waals surface area contributed by atoms with Crippen LogP contribution in [0.4, 0.5) is 0 Å². The number of fused-ring (bicyclic) bond motifs is 1. The minimum Gasteiger partial charge on any atom is -0.324 e. The van der Waals surface area contributed by atoms with Crippen LogP contribution in [-0.2, 0) is 60.4 Å². The number of nitrogens with one attached hydrogen (secondary N) is 5. The van der Waals surface area contributed by atoms with Gasteiger partial charge in [0.25, 0.3) is 0 Å². The van der Waals surface area contributed by atoms with E-state index in [0.29, 0.717) is 24.8 Å². The van der Waals surface area contributed by atoms with Gasteiger partial charge in [0.2, 0.25) is 0 Å². The Hall–Kier alpha value is -6.49. The third-order valence-electron chi connectivity index (χ3n) is 14.0. The molecule has 0 unspecified atom stereocenters. The summed E-state index contributed by atoms with van der Waals surface area (Å²) >= 11 is 5.99. The summed E-state index contributed by atoms with van der Waals surface area (Å²) in [6.07, 6.45) is 12.6. The Kier molecular flexibility index (Phi) is 32.2. The topological polar surface area (TPSA) is 229 Å². The van der Waals surface area contributed by atoms with E-state index in [4.69, 9.17) is 21.4 Å². The van der Waals surface area contributed by atoms with E-state index >= 15 is 0 Å². The van der Waals surface area contributed by atoms with Gasteiger partial charge >= 0.3 is 7.60 Å². The summed E-state index contributed by atoms with van der Waals surface area (Å²) < 4.78 is 10.8. The van der Waals surface area contributed by atoms with E-state index in [1.807, 2.05) is 99.9 Å². The Labute approximate surface area is 492 Å². The molecule has 0 fully saturated rings. The van der Waals surface area contributed by atoms with Gasteiger partial charge in [0, 0.05) is 35.7 Å². The fourth-order valence-corrected chi connectivity index (χ4v) is 9.82. The molecule has 2 heterocycles. The molecule has 7 N–H and O–H groups in total. The quantitative estimate of drug-likeness (QED) is 0.0296. The maximum Gasteiger partial charge on any atom is 0.329 e. The largest absolute Gasteiger partial charge is 0.329 e. The van der Waals surface area contributed by atoms with Gasteiger partial charge in [0.05, 0.1) is 35.9 Å². The zero-order valence-electron chi connectivity index (χ0n) is 48.7. The van der Waals surface area contributed by atoms with E-state index < -0.39 is 13.1 Å². The molecule has 82 heavy (non-hydrogen) atoms. The fourth-order valence-electron chi connectivity index (χ4n) is 8.94. The third kappa shape index (κ3) is 24.9. The number of halogens is 1. The maximum absolute atomic E-state index is 11.9. The van der Waals surface area contributed by atoms with Crippen LogP contribution in [0.3, 0.4) is 0 Å². The molecule has 0 aliphatic heterocycles. The summed E-state index contributed by atoms with van der Waals surface area (Å²) in [6.45, 7) is 9.95. The first kappa shape index (κ1) is 71.6. The molecule has 7 rings (SSSR count). The van der Waals surface area contributed by atoms with Crippen LogP contribution in [-0.4, -0.2) is 114 Å². The number of Topliss-reactive ketones (excluding diaryl/α,β-unsaturated/α-hetero) is 5. The van der Waals surface area contributed by atoms with E-state index in [-0.39, 0.29) is 72.6 Å². The normalized spacial score (nSPS) is 13.5. The first-order valence-electron chi connectivity index (χ1n) is 26.9. The standard InChI is InChI=1S/C17H19NO.C15H18ClNO.C12H18NO4P.2C10H14N2O.CH4/c1-13(19)17(18-2)16(14-9-5-3-6-10-14)15-11-7-4-8-12-15;1-10(18)15(2,17-3)9-12-5-4-11-8-13(16)6-7-14(11)12;1-9(14)12(13-2)7-10-3-5-11(6-4-10)8-18(15,16)17;1-8(13)10(11-2)7-9-3-5-12-6-4-9;1-8(13)10(11-2)6-9-4-3-5-12-7-9;/h3-12,16-18H,1-2H3;5-8,17H,4,9H2,1-3H3;3-6,12-13H,7-8H2,1-2H3,(H2,15,16,17);3-6,10-11H,7H2,1-2H3;3-5,7,10-11H,6H2,1-2H3;1H4/t17-;15-;12-;2*10-;/m10000./s1. The minimum atomic E-state index is -4.02. The van der Waals surface area contributed by atoms with Crippen LogP contribution in [0.15, 0.2) is 158 Å². The average molecular weight is 1160 g/mol. The second-order valence-electron chi connectivity index (χ2n) is 20.1. The Morgan fingerprint density at radius 3 is 1.46 bits per heavy atom. The summed E-state index contributed by atoms with van der Waals surface area (Å²) in [4.78, 5) is 82.7. The molecule has 0 bridgehead atoms. The van der Waals surface area contributed by atoms with Crippen molar-refractivity contribution in [2.24, 2.45) is 0 Å². The highest BCUT2D eigenvalue weighted by atomic mass is 35.5. The number of carbonyl (C=O) groups is 5. The van der Waals surface area contributed by atoms with Crippen LogP contribution in [0, 0.1) is 0 Å². The number of hydrogen-bond donors (Lipinski definition) is 7. The van der Waals surface area contributed by atoms with Crippen molar-refractivity contribution in [3.8, 4) is 0 Å². The highest BCUT2D eigenvalue weighted by molar-refractivity contribution is 7.50. The highest BCUT2D eigenvalue weighted by Gasteiger charge is 2.31. The number of nitrogens with zero attached hydrogens (tertiary/aromatic N) is 2. The molecule has 1 aliphatic rings. The van der Waals surface area contributed by atoms with E-state index in [2.05, 4.69) is 66.9 Å². The summed E-state index contributed by atoms with van der Waals surface area (Å²) in [5.41, 5.74) is 9.28. The van der Waals surface area contributed by atoms with Crippen LogP contribution >= 0.6 is 19.2 Å². The number of likely N-dealkylation sites (N-methyl/N-ethyl adjacent to an activating group) is 5. The number of aromatic nitrogens is 2. The van der Waals surface area contributed by atoms with E-state index in [1.54, 1.807) is 97.9 Å². The Balaban J connectivity index is 0.000000352. The van der Waals surface area contributed by atoms with Crippen LogP contribution in [0.2, 0.25) is 5.02 Å². The predicted molar refractivity (Wildman–Crippen MR) is 333 cm³/mol. The molecule has 17 heteroatoms. The summed E-state index contributed by atoms with van der Waals surface area (Å²) in [5, 5.41) is 15.9. The van der Waals surface area contributed by atoms with Gasteiger partial charge in [-0.1, -0.05) is 122 Å². The van der Waals surface area contributed by atoms with Gasteiger partial charge in [-0.05, 0) is 189 Å². The molecule has 0 amide bonds. The lowest BCUT2D eigenvalue weighted by atomic mass is 9.83. The molecule has 2 aromatic heterocycles. The first-order chi connectivity index (χ1) is 38.5. The van der Waals surface area contributed by atoms with Crippen LogP contribution in [0.25, 0.3) is 5.57 Å². The van der Waals surface area contributed by atoms with Gasteiger partial charge in [-0.15, -0.1) is 0 Å². The fraction of sp³-hybridized carbons (Fsp3) is 0.369. The van der Waals surface area contributed by atoms with Crippen LogP contribution in [0.1, 0.15) is 106 Å². The number of allylic oxidation sites excluding steroid dienone is 1. The average Bonchev–Trinajstić information content (AvgIpc) is 3.89. The van der Waals surface area contributed by atoms with Gasteiger partial charge in [-0.2, -0.15) is 0 Å². The Bertz CT molecular complexity index is 2870. The number of carbonyl (C=O) groups excluding carboxylic acids is 5. The molecule has 6 aromatic rings. The zero-order chi connectivity index (χ0) is 60.1. The van der Waals surface area contributed by atoms with Gasteiger partial charge in [0.15, 0.2) is 0 Å².